The molecular formula is C12H20. The van der Waals surface area contributed by atoms with Gasteiger partial charge in [0.1, 0.15) is 0 Å². The number of allylic oxidation sites excluding steroid dienone is 4. The van der Waals surface area contributed by atoms with Crippen LogP contribution in [-0.4, -0.2) is 0 Å². The van der Waals surface area contributed by atoms with Gasteiger partial charge in [0.15, 0.2) is 0 Å². The van der Waals surface area contributed by atoms with Gasteiger partial charge < -0.3 is 0 Å². The summed E-state index contributed by atoms with van der Waals surface area (Å²) in [4.78, 5) is 0. The Labute approximate surface area is 76.4 Å². The fourth-order valence-corrected chi connectivity index (χ4v) is 1.61. The highest BCUT2D eigenvalue weighted by molar-refractivity contribution is 5.03. The van der Waals surface area contributed by atoms with E-state index in [4.69, 9.17) is 0 Å². The van der Waals surface area contributed by atoms with Gasteiger partial charge in [-0.05, 0) is 25.2 Å². The fraction of sp³-hybridized carbons (Fsp3) is 0.667. The average Bonchev–Trinajstić information content (AvgIpc) is 2.11. The van der Waals surface area contributed by atoms with Crippen molar-refractivity contribution in [3.05, 3.63) is 24.3 Å². The van der Waals surface area contributed by atoms with Gasteiger partial charge in [-0.25, -0.2) is 0 Å². The maximum atomic E-state index is 2.32. The first-order valence-corrected chi connectivity index (χ1v) is 5.23. The molecule has 0 radical (unpaired) electrons. The van der Waals surface area contributed by atoms with E-state index in [1.807, 2.05) is 0 Å². The topological polar surface area (TPSA) is 0 Å². The first-order valence-electron chi connectivity index (χ1n) is 5.23. The summed E-state index contributed by atoms with van der Waals surface area (Å²) in [7, 11) is 0. The zero-order valence-electron chi connectivity index (χ0n) is 8.13. The second-order valence-corrected chi connectivity index (χ2v) is 3.78. The third-order valence-corrected chi connectivity index (χ3v) is 2.47. The Morgan fingerprint density at radius 2 is 1.83 bits per heavy atom. The van der Waals surface area contributed by atoms with Crippen molar-refractivity contribution in [3.8, 4) is 0 Å². The zero-order valence-corrected chi connectivity index (χ0v) is 8.13. The van der Waals surface area contributed by atoms with Crippen molar-refractivity contribution >= 4 is 0 Å². The standard InChI is InChI=1S/C12H20/c1-12-10-8-6-4-2-3-5-7-9-11-12/h4,6,8,10,12H,2-3,5,7,9,11H2,1H3/b6-4-,10-8-. The smallest absolute Gasteiger partial charge is 0.0259 e. The number of hydrogen-bond acceptors (Lipinski definition) is 0. The molecule has 68 valence electrons. The highest BCUT2D eigenvalue weighted by atomic mass is 14.0. The predicted octanol–water partition coefficient (Wildman–Crippen LogP) is 4.09. The molecule has 0 bridgehead atoms. The van der Waals surface area contributed by atoms with E-state index in [0.29, 0.717) is 0 Å². The Morgan fingerprint density at radius 3 is 2.75 bits per heavy atom. The molecule has 0 saturated heterocycles. The van der Waals surface area contributed by atoms with E-state index in [-0.39, 0.29) is 0 Å². The molecule has 0 saturated carbocycles. The molecule has 0 N–H and O–H groups in total. The molecule has 0 aliphatic heterocycles. The maximum Gasteiger partial charge on any atom is -0.0259 e. The average molecular weight is 164 g/mol. The third kappa shape index (κ3) is 4.38. The van der Waals surface area contributed by atoms with Crippen LogP contribution in [0.4, 0.5) is 0 Å². The Balaban J connectivity index is 2.34. The van der Waals surface area contributed by atoms with Gasteiger partial charge in [0.2, 0.25) is 0 Å². The van der Waals surface area contributed by atoms with Crippen LogP contribution in [0.25, 0.3) is 0 Å². The lowest BCUT2D eigenvalue weighted by Gasteiger charge is -2.04. The van der Waals surface area contributed by atoms with Crippen molar-refractivity contribution in [3.63, 3.8) is 0 Å². The highest BCUT2D eigenvalue weighted by Crippen LogP contribution is 2.13. The molecule has 1 unspecified atom stereocenters. The molecular weight excluding hydrogens is 144 g/mol. The van der Waals surface area contributed by atoms with Gasteiger partial charge in [-0.3, -0.25) is 0 Å². The first-order chi connectivity index (χ1) is 5.89. The van der Waals surface area contributed by atoms with Crippen LogP contribution in [0.5, 0.6) is 0 Å². The minimum absolute atomic E-state index is 0.771. The van der Waals surface area contributed by atoms with E-state index in [1.165, 1.54) is 38.5 Å². The van der Waals surface area contributed by atoms with Crippen LogP contribution in [-0.2, 0) is 0 Å². The minimum Gasteiger partial charge on any atom is -0.0845 e. The molecule has 0 nitrogen and oxygen atoms in total. The normalized spacial score (nSPS) is 31.9. The molecule has 0 aromatic heterocycles. The molecule has 0 amide bonds. The van der Waals surface area contributed by atoms with Gasteiger partial charge in [-0.2, -0.15) is 0 Å². The molecule has 0 heteroatoms. The number of hydrogen-bond donors (Lipinski definition) is 0. The highest BCUT2D eigenvalue weighted by Gasteiger charge is 1.97. The van der Waals surface area contributed by atoms with E-state index >= 15 is 0 Å². The van der Waals surface area contributed by atoms with Crippen LogP contribution in [0.1, 0.15) is 45.4 Å². The molecule has 0 aromatic carbocycles. The SMILES string of the molecule is CC1/C=C\C=C/CCCCCC1. The van der Waals surface area contributed by atoms with Gasteiger partial charge in [-0.1, -0.05) is 50.5 Å². The quantitative estimate of drug-likeness (QED) is 0.506. The summed E-state index contributed by atoms with van der Waals surface area (Å²) in [6.07, 6.45) is 17.3. The van der Waals surface area contributed by atoms with Crippen LogP contribution in [0.2, 0.25) is 0 Å². The van der Waals surface area contributed by atoms with Gasteiger partial charge in [0.25, 0.3) is 0 Å². The summed E-state index contributed by atoms with van der Waals surface area (Å²) in [5, 5.41) is 0. The molecule has 1 rings (SSSR count). The third-order valence-electron chi connectivity index (χ3n) is 2.47. The van der Waals surface area contributed by atoms with Crippen molar-refractivity contribution in [2.45, 2.75) is 45.4 Å². The van der Waals surface area contributed by atoms with Crippen LogP contribution in [0.15, 0.2) is 24.3 Å². The van der Waals surface area contributed by atoms with E-state index in [2.05, 4.69) is 31.2 Å². The summed E-state index contributed by atoms with van der Waals surface area (Å²) in [5.41, 5.74) is 0. The molecule has 1 atom stereocenters. The second kappa shape index (κ2) is 6.05. The molecule has 12 heavy (non-hydrogen) atoms. The van der Waals surface area contributed by atoms with Gasteiger partial charge in [0.05, 0.1) is 0 Å². The maximum absolute atomic E-state index is 2.32. The van der Waals surface area contributed by atoms with Crippen LogP contribution < -0.4 is 0 Å². The van der Waals surface area contributed by atoms with E-state index in [9.17, 15) is 0 Å². The van der Waals surface area contributed by atoms with Crippen molar-refractivity contribution in [1.82, 2.24) is 0 Å². The lowest BCUT2D eigenvalue weighted by Crippen LogP contribution is -1.88. The molecule has 0 fully saturated rings. The predicted molar refractivity (Wildman–Crippen MR) is 55.1 cm³/mol. The number of rotatable bonds is 0. The van der Waals surface area contributed by atoms with Crippen LogP contribution in [0, 0.1) is 5.92 Å². The van der Waals surface area contributed by atoms with E-state index in [1.54, 1.807) is 0 Å². The summed E-state index contributed by atoms with van der Waals surface area (Å²) in [5.74, 6) is 0.771. The Hall–Kier alpha value is -0.520. The summed E-state index contributed by atoms with van der Waals surface area (Å²) in [6, 6.07) is 0. The molecule has 0 spiro atoms. The first kappa shape index (κ1) is 9.57. The molecule has 1 aliphatic carbocycles. The summed E-state index contributed by atoms with van der Waals surface area (Å²) < 4.78 is 0. The van der Waals surface area contributed by atoms with E-state index < -0.39 is 0 Å². The minimum atomic E-state index is 0.771. The Bertz CT molecular complexity index is 153. The zero-order chi connectivity index (χ0) is 8.65. The van der Waals surface area contributed by atoms with Crippen molar-refractivity contribution in [2.24, 2.45) is 5.92 Å². The molecule has 1 aliphatic rings. The largest absolute Gasteiger partial charge is 0.0845 e. The van der Waals surface area contributed by atoms with Crippen molar-refractivity contribution < 1.29 is 0 Å². The second-order valence-electron chi connectivity index (χ2n) is 3.78. The Morgan fingerprint density at radius 1 is 1.00 bits per heavy atom. The van der Waals surface area contributed by atoms with Crippen molar-refractivity contribution in [2.75, 3.05) is 0 Å². The monoisotopic (exact) mass is 164 g/mol. The Kier molecular flexibility index (Phi) is 4.82. The lowest BCUT2D eigenvalue weighted by atomic mass is 10.0. The molecule has 0 heterocycles. The van der Waals surface area contributed by atoms with Gasteiger partial charge >= 0.3 is 0 Å². The fourth-order valence-electron chi connectivity index (χ4n) is 1.61. The molecule has 0 aromatic rings. The van der Waals surface area contributed by atoms with E-state index in [0.717, 1.165) is 5.92 Å². The van der Waals surface area contributed by atoms with Crippen LogP contribution in [0.3, 0.4) is 0 Å². The van der Waals surface area contributed by atoms with Crippen LogP contribution >= 0.6 is 0 Å². The van der Waals surface area contributed by atoms with Crippen molar-refractivity contribution in [1.29, 1.82) is 0 Å². The summed E-state index contributed by atoms with van der Waals surface area (Å²) >= 11 is 0. The van der Waals surface area contributed by atoms with Gasteiger partial charge in [-0.15, -0.1) is 0 Å². The summed E-state index contributed by atoms with van der Waals surface area (Å²) in [6.45, 7) is 2.31. The lowest BCUT2D eigenvalue weighted by molar-refractivity contribution is 0.556. The van der Waals surface area contributed by atoms with Gasteiger partial charge in [0, 0.05) is 0 Å².